The van der Waals surface area contributed by atoms with E-state index in [-0.39, 0.29) is 11.9 Å². The zero-order valence-electron chi connectivity index (χ0n) is 13.7. The number of nitrogens with one attached hydrogen (secondary N) is 1. The van der Waals surface area contributed by atoms with Gasteiger partial charge in [0.05, 0.1) is 6.04 Å². The predicted octanol–water partition coefficient (Wildman–Crippen LogP) is 4.13. The van der Waals surface area contributed by atoms with E-state index in [1.165, 1.54) is 17.7 Å². The maximum atomic E-state index is 13.1. The molecule has 4 rings (SSSR count). The topological polar surface area (TPSA) is 33.7 Å². The first-order chi connectivity index (χ1) is 12.2. The highest BCUT2D eigenvalue weighted by atomic mass is 32.1. The Labute approximate surface area is 151 Å². The molecule has 0 radical (unpaired) electrons. The molecule has 1 saturated heterocycles. The molecule has 4 nitrogen and oxygen atoms in total. The SMILES string of the molecule is Fc1ccc(NC(=S)N2CCC[C@H]2c2ccc3c(c2)OCCO3)cc1. The fraction of sp³-hybridized carbons (Fsp3) is 0.316. The van der Waals surface area contributed by atoms with Crippen molar-refractivity contribution in [2.24, 2.45) is 0 Å². The van der Waals surface area contributed by atoms with Gasteiger partial charge in [0.1, 0.15) is 19.0 Å². The van der Waals surface area contributed by atoms with E-state index in [0.29, 0.717) is 18.3 Å². The van der Waals surface area contributed by atoms with Crippen LogP contribution in [0.5, 0.6) is 11.5 Å². The van der Waals surface area contributed by atoms with Crippen molar-refractivity contribution in [1.29, 1.82) is 0 Å². The molecule has 0 spiro atoms. The van der Waals surface area contributed by atoms with E-state index in [9.17, 15) is 4.39 Å². The second-order valence-corrected chi connectivity index (χ2v) is 6.58. The molecule has 1 atom stereocenters. The van der Waals surface area contributed by atoms with Crippen molar-refractivity contribution in [2.45, 2.75) is 18.9 Å². The van der Waals surface area contributed by atoms with Crippen LogP contribution in [0.15, 0.2) is 42.5 Å². The van der Waals surface area contributed by atoms with Crippen LogP contribution in [0.3, 0.4) is 0 Å². The van der Waals surface area contributed by atoms with Gasteiger partial charge in [-0.05, 0) is 67.0 Å². The Hall–Kier alpha value is -2.34. The number of halogens is 1. The Bertz CT molecular complexity index is 781. The number of benzene rings is 2. The lowest BCUT2D eigenvalue weighted by atomic mass is 10.0. The summed E-state index contributed by atoms with van der Waals surface area (Å²) >= 11 is 5.59. The van der Waals surface area contributed by atoms with Gasteiger partial charge in [0, 0.05) is 12.2 Å². The van der Waals surface area contributed by atoms with Crippen LogP contribution in [0, 0.1) is 5.82 Å². The summed E-state index contributed by atoms with van der Waals surface area (Å²) in [5.74, 6) is 1.34. The molecule has 0 bridgehead atoms. The average molecular weight is 358 g/mol. The molecule has 1 fully saturated rings. The minimum Gasteiger partial charge on any atom is -0.486 e. The lowest BCUT2D eigenvalue weighted by Crippen LogP contribution is -2.34. The molecule has 0 aromatic heterocycles. The normalized spacial score (nSPS) is 18.9. The van der Waals surface area contributed by atoms with E-state index in [0.717, 1.165) is 36.6 Å². The van der Waals surface area contributed by atoms with Crippen molar-refractivity contribution in [1.82, 2.24) is 4.90 Å². The van der Waals surface area contributed by atoms with E-state index in [4.69, 9.17) is 21.7 Å². The third-order valence-corrected chi connectivity index (χ3v) is 4.90. The van der Waals surface area contributed by atoms with Crippen LogP contribution in [0.1, 0.15) is 24.4 Å². The maximum absolute atomic E-state index is 13.1. The molecule has 0 unspecified atom stereocenters. The monoisotopic (exact) mass is 358 g/mol. The number of hydrogen-bond acceptors (Lipinski definition) is 3. The largest absolute Gasteiger partial charge is 0.486 e. The zero-order chi connectivity index (χ0) is 17.2. The molecule has 2 heterocycles. The van der Waals surface area contributed by atoms with Gasteiger partial charge in [-0.15, -0.1) is 0 Å². The van der Waals surface area contributed by atoms with Gasteiger partial charge in [-0.2, -0.15) is 0 Å². The number of likely N-dealkylation sites (tertiary alicyclic amines) is 1. The molecule has 2 aliphatic heterocycles. The van der Waals surface area contributed by atoms with Crippen molar-refractivity contribution in [3.8, 4) is 11.5 Å². The summed E-state index contributed by atoms with van der Waals surface area (Å²) in [5.41, 5.74) is 1.96. The second-order valence-electron chi connectivity index (χ2n) is 6.19. The molecule has 0 saturated carbocycles. The van der Waals surface area contributed by atoms with Gasteiger partial charge >= 0.3 is 0 Å². The molecule has 25 heavy (non-hydrogen) atoms. The first kappa shape index (κ1) is 16.1. The molecule has 2 aromatic rings. The lowest BCUT2D eigenvalue weighted by molar-refractivity contribution is 0.171. The number of thiocarbonyl (C=S) groups is 1. The Morgan fingerprint density at radius 1 is 1.08 bits per heavy atom. The highest BCUT2D eigenvalue weighted by molar-refractivity contribution is 7.80. The summed E-state index contributed by atoms with van der Waals surface area (Å²) in [6, 6.07) is 12.5. The Kier molecular flexibility index (Phi) is 4.44. The zero-order valence-corrected chi connectivity index (χ0v) is 14.5. The lowest BCUT2D eigenvalue weighted by Gasteiger charge is -2.29. The van der Waals surface area contributed by atoms with Crippen molar-refractivity contribution < 1.29 is 13.9 Å². The van der Waals surface area contributed by atoms with Crippen LogP contribution < -0.4 is 14.8 Å². The first-order valence-electron chi connectivity index (χ1n) is 8.43. The number of ether oxygens (including phenoxy) is 2. The molecular weight excluding hydrogens is 339 g/mol. The molecular formula is C19H19FN2O2S. The van der Waals surface area contributed by atoms with Gasteiger partial charge in [-0.3, -0.25) is 0 Å². The van der Waals surface area contributed by atoms with E-state index in [2.05, 4.69) is 22.3 Å². The quantitative estimate of drug-likeness (QED) is 0.817. The summed E-state index contributed by atoms with van der Waals surface area (Å²) in [4.78, 5) is 2.18. The van der Waals surface area contributed by atoms with Crippen LogP contribution in [-0.2, 0) is 0 Å². The fourth-order valence-electron chi connectivity index (χ4n) is 3.35. The van der Waals surface area contributed by atoms with Crippen molar-refractivity contribution >= 4 is 23.0 Å². The Morgan fingerprint density at radius 3 is 2.64 bits per heavy atom. The fourth-order valence-corrected chi connectivity index (χ4v) is 3.69. The van der Waals surface area contributed by atoms with Gasteiger partial charge in [-0.25, -0.2) is 4.39 Å². The Morgan fingerprint density at radius 2 is 1.84 bits per heavy atom. The van der Waals surface area contributed by atoms with Crippen LogP contribution >= 0.6 is 12.2 Å². The number of nitrogens with zero attached hydrogens (tertiary/aromatic N) is 1. The highest BCUT2D eigenvalue weighted by Crippen LogP contribution is 2.38. The van der Waals surface area contributed by atoms with Crippen LogP contribution in [-0.4, -0.2) is 29.8 Å². The number of rotatable bonds is 2. The van der Waals surface area contributed by atoms with Gasteiger partial charge in [0.15, 0.2) is 16.6 Å². The molecule has 2 aliphatic rings. The van der Waals surface area contributed by atoms with E-state index < -0.39 is 0 Å². The number of anilines is 1. The molecule has 130 valence electrons. The van der Waals surface area contributed by atoms with Gasteiger partial charge in [-0.1, -0.05) is 6.07 Å². The van der Waals surface area contributed by atoms with Gasteiger partial charge < -0.3 is 19.7 Å². The van der Waals surface area contributed by atoms with E-state index >= 15 is 0 Å². The standard InChI is InChI=1S/C19H19FN2O2S/c20-14-4-6-15(7-5-14)21-19(25)22-9-1-2-16(22)13-3-8-17-18(12-13)24-11-10-23-17/h3-8,12,16H,1-2,9-11H2,(H,21,25)/t16-/m0/s1. The number of fused-ring (bicyclic) bond motifs is 1. The molecule has 0 aliphatic carbocycles. The molecule has 2 aromatic carbocycles. The second kappa shape index (κ2) is 6.88. The van der Waals surface area contributed by atoms with Gasteiger partial charge in [0.25, 0.3) is 0 Å². The molecule has 0 amide bonds. The Balaban J connectivity index is 1.51. The van der Waals surface area contributed by atoms with Crippen molar-refractivity contribution in [3.05, 3.63) is 53.8 Å². The predicted molar refractivity (Wildman–Crippen MR) is 98.7 cm³/mol. The maximum Gasteiger partial charge on any atom is 0.173 e. The minimum atomic E-state index is -0.258. The van der Waals surface area contributed by atoms with E-state index in [1.54, 1.807) is 12.1 Å². The number of hydrogen-bond donors (Lipinski definition) is 1. The van der Waals surface area contributed by atoms with Crippen molar-refractivity contribution in [3.63, 3.8) is 0 Å². The van der Waals surface area contributed by atoms with Crippen LogP contribution in [0.25, 0.3) is 0 Å². The van der Waals surface area contributed by atoms with Crippen LogP contribution in [0.2, 0.25) is 0 Å². The summed E-state index contributed by atoms with van der Waals surface area (Å²) in [5, 5.41) is 3.86. The highest BCUT2D eigenvalue weighted by Gasteiger charge is 2.29. The van der Waals surface area contributed by atoms with Crippen LogP contribution in [0.4, 0.5) is 10.1 Å². The summed E-state index contributed by atoms with van der Waals surface area (Å²) in [7, 11) is 0. The summed E-state index contributed by atoms with van der Waals surface area (Å²) in [6.45, 7) is 2.06. The third kappa shape index (κ3) is 3.39. The smallest absolute Gasteiger partial charge is 0.173 e. The summed E-state index contributed by atoms with van der Waals surface area (Å²) in [6.07, 6.45) is 2.11. The minimum absolute atomic E-state index is 0.205. The average Bonchev–Trinajstić information content (AvgIpc) is 3.13. The third-order valence-electron chi connectivity index (χ3n) is 4.56. The molecule has 1 N–H and O–H groups in total. The van der Waals surface area contributed by atoms with E-state index in [1.807, 2.05) is 6.07 Å². The first-order valence-corrected chi connectivity index (χ1v) is 8.84. The molecule has 6 heteroatoms. The summed E-state index contributed by atoms with van der Waals surface area (Å²) < 4.78 is 24.3. The van der Waals surface area contributed by atoms with Crippen molar-refractivity contribution in [2.75, 3.05) is 25.1 Å². The van der Waals surface area contributed by atoms with Gasteiger partial charge in [0.2, 0.25) is 0 Å².